The van der Waals surface area contributed by atoms with E-state index in [-0.39, 0.29) is 6.10 Å². The lowest BCUT2D eigenvalue weighted by atomic mass is 9.92. The topological polar surface area (TPSA) is 46.2 Å². The molecule has 0 aromatic rings. The molecular formula is C7H13NO. The van der Waals surface area contributed by atoms with Crippen LogP contribution in [0.4, 0.5) is 0 Å². The first-order valence-corrected chi connectivity index (χ1v) is 3.37. The predicted molar refractivity (Wildman–Crippen MR) is 36.9 cm³/mol. The standard InChI is InChI=1S/C7H13NO/c8-5-6-3-1-2-4-7(6)9/h1-2,6-7,9H,3-5,8H2/t6-,7+/m0/s1. The van der Waals surface area contributed by atoms with Crippen LogP contribution in [-0.2, 0) is 0 Å². The molecule has 0 unspecified atom stereocenters. The third kappa shape index (κ3) is 1.53. The van der Waals surface area contributed by atoms with Crippen LogP contribution in [0.2, 0.25) is 0 Å². The molecule has 52 valence electrons. The van der Waals surface area contributed by atoms with E-state index >= 15 is 0 Å². The summed E-state index contributed by atoms with van der Waals surface area (Å²) in [6.45, 7) is 0.603. The zero-order valence-electron chi connectivity index (χ0n) is 5.46. The van der Waals surface area contributed by atoms with Crippen molar-refractivity contribution in [1.82, 2.24) is 0 Å². The van der Waals surface area contributed by atoms with Gasteiger partial charge >= 0.3 is 0 Å². The first-order valence-electron chi connectivity index (χ1n) is 3.37. The third-order valence-electron chi connectivity index (χ3n) is 1.83. The maximum Gasteiger partial charge on any atom is 0.0617 e. The lowest BCUT2D eigenvalue weighted by Gasteiger charge is -2.21. The highest BCUT2D eigenvalue weighted by Crippen LogP contribution is 2.16. The maximum atomic E-state index is 9.24. The van der Waals surface area contributed by atoms with E-state index in [0.717, 1.165) is 12.8 Å². The molecule has 3 N–H and O–H groups in total. The molecule has 0 aliphatic heterocycles. The fourth-order valence-electron chi connectivity index (χ4n) is 1.11. The molecule has 0 amide bonds. The second kappa shape index (κ2) is 2.99. The Morgan fingerprint density at radius 3 is 2.56 bits per heavy atom. The van der Waals surface area contributed by atoms with Gasteiger partial charge in [-0.25, -0.2) is 0 Å². The van der Waals surface area contributed by atoms with Crippen molar-refractivity contribution >= 4 is 0 Å². The maximum absolute atomic E-state index is 9.24. The molecule has 2 atom stereocenters. The molecule has 0 saturated heterocycles. The zero-order valence-corrected chi connectivity index (χ0v) is 5.46. The first kappa shape index (κ1) is 6.78. The average Bonchev–Trinajstić information content (AvgIpc) is 1.89. The van der Waals surface area contributed by atoms with Crippen molar-refractivity contribution in [2.75, 3.05) is 6.54 Å². The Balaban J connectivity index is 2.43. The molecule has 0 fully saturated rings. The Labute approximate surface area is 55.4 Å². The summed E-state index contributed by atoms with van der Waals surface area (Å²) in [5.41, 5.74) is 5.40. The van der Waals surface area contributed by atoms with Crippen LogP contribution in [0.3, 0.4) is 0 Å². The Bertz CT molecular complexity index is 111. The molecular weight excluding hydrogens is 114 g/mol. The molecule has 0 spiro atoms. The van der Waals surface area contributed by atoms with Crippen molar-refractivity contribution in [2.24, 2.45) is 11.7 Å². The number of rotatable bonds is 1. The van der Waals surface area contributed by atoms with Crippen LogP contribution in [0.25, 0.3) is 0 Å². The summed E-state index contributed by atoms with van der Waals surface area (Å²) in [4.78, 5) is 0. The molecule has 0 heterocycles. The van der Waals surface area contributed by atoms with E-state index in [2.05, 4.69) is 6.08 Å². The highest BCUT2D eigenvalue weighted by molar-refractivity contribution is 4.94. The Kier molecular flexibility index (Phi) is 2.25. The van der Waals surface area contributed by atoms with Gasteiger partial charge in [-0.2, -0.15) is 0 Å². The van der Waals surface area contributed by atoms with Gasteiger partial charge in [-0.05, 0) is 19.4 Å². The van der Waals surface area contributed by atoms with Gasteiger partial charge < -0.3 is 10.8 Å². The summed E-state index contributed by atoms with van der Waals surface area (Å²) in [7, 11) is 0. The van der Waals surface area contributed by atoms with Gasteiger partial charge in [0.1, 0.15) is 0 Å². The molecule has 1 rings (SSSR count). The quantitative estimate of drug-likeness (QED) is 0.497. The monoisotopic (exact) mass is 127 g/mol. The molecule has 9 heavy (non-hydrogen) atoms. The molecule has 0 aromatic heterocycles. The minimum Gasteiger partial charge on any atom is -0.392 e. The average molecular weight is 127 g/mol. The van der Waals surface area contributed by atoms with Crippen molar-refractivity contribution in [2.45, 2.75) is 18.9 Å². The predicted octanol–water partition coefficient (Wildman–Crippen LogP) is 0.272. The zero-order chi connectivity index (χ0) is 6.69. The highest BCUT2D eigenvalue weighted by Gasteiger charge is 2.17. The van der Waals surface area contributed by atoms with Crippen molar-refractivity contribution in [3.8, 4) is 0 Å². The van der Waals surface area contributed by atoms with E-state index in [9.17, 15) is 5.11 Å². The van der Waals surface area contributed by atoms with Gasteiger partial charge in [-0.1, -0.05) is 12.2 Å². The summed E-state index contributed by atoms with van der Waals surface area (Å²) in [5, 5.41) is 9.24. The Morgan fingerprint density at radius 1 is 1.44 bits per heavy atom. The van der Waals surface area contributed by atoms with Crippen molar-refractivity contribution in [3.05, 3.63) is 12.2 Å². The van der Waals surface area contributed by atoms with Crippen molar-refractivity contribution in [3.63, 3.8) is 0 Å². The van der Waals surface area contributed by atoms with E-state index in [0.29, 0.717) is 12.5 Å². The largest absolute Gasteiger partial charge is 0.392 e. The van der Waals surface area contributed by atoms with Gasteiger partial charge in [0, 0.05) is 5.92 Å². The normalized spacial score (nSPS) is 34.9. The summed E-state index contributed by atoms with van der Waals surface area (Å²) < 4.78 is 0. The number of hydrogen-bond donors (Lipinski definition) is 2. The number of allylic oxidation sites excluding steroid dienone is 1. The highest BCUT2D eigenvalue weighted by atomic mass is 16.3. The molecule has 2 nitrogen and oxygen atoms in total. The van der Waals surface area contributed by atoms with Gasteiger partial charge in [0.05, 0.1) is 6.10 Å². The fraction of sp³-hybridized carbons (Fsp3) is 0.714. The smallest absolute Gasteiger partial charge is 0.0617 e. The van der Waals surface area contributed by atoms with Crippen LogP contribution < -0.4 is 5.73 Å². The molecule has 2 heteroatoms. The minimum absolute atomic E-state index is 0.194. The second-order valence-electron chi connectivity index (χ2n) is 2.51. The van der Waals surface area contributed by atoms with E-state index in [1.165, 1.54) is 0 Å². The van der Waals surface area contributed by atoms with Crippen LogP contribution in [0, 0.1) is 5.92 Å². The van der Waals surface area contributed by atoms with Gasteiger partial charge in [0.25, 0.3) is 0 Å². The SMILES string of the molecule is NC[C@@H]1CC=CC[C@H]1O. The minimum atomic E-state index is -0.194. The Hall–Kier alpha value is -0.340. The van der Waals surface area contributed by atoms with Crippen molar-refractivity contribution < 1.29 is 5.11 Å². The van der Waals surface area contributed by atoms with Crippen LogP contribution >= 0.6 is 0 Å². The van der Waals surface area contributed by atoms with Gasteiger partial charge in [0.15, 0.2) is 0 Å². The number of hydrogen-bond acceptors (Lipinski definition) is 2. The third-order valence-corrected chi connectivity index (χ3v) is 1.83. The van der Waals surface area contributed by atoms with E-state index in [4.69, 9.17) is 5.73 Å². The summed E-state index contributed by atoms with van der Waals surface area (Å²) in [5.74, 6) is 0.301. The van der Waals surface area contributed by atoms with Crippen LogP contribution in [0.15, 0.2) is 12.2 Å². The Morgan fingerprint density at radius 2 is 2.11 bits per heavy atom. The first-order chi connectivity index (χ1) is 4.34. The van der Waals surface area contributed by atoms with Crippen molar-refractivity contribution in [1.29, 1.82) is 0 Å². The molecule has 0 bridgehead atoms. The van der Waals surface area contributed by atoms with Crippen LogP contribution in [0.1, 0.15) is 12.8 Å². The van der Waals surface area contributed by atoms with E-state index in [1.807, 2.05) is 6.08 Å². The molecule has 0 saturated carbocycles. The van der Waals surface area contributed by atoms with Crippen LogP contribution in [-0.4, -0.2) is 17.8 Å². The summed E-state index contributed by atoms with van der Waals surface area (Å²) in [6, 6.07) is 0. The number of aliphatic hydroxyl groups is 1. The molecule has 1 aliphatic rings. The van der Waals surface area contributed by atoms with Gasteiger partial charge in [-0.15, -0.1) is 0 Å². The van der Waals surface area contributed by atoms with Crippen LogP contribution in [0.5, 0.6) is 0 Å². The summed E-state index contributed by atoms with van der Waals surface area (Å²) >= 11 is 0. The van der Waals surface area contributed by atoms with Gasteiger partial charge in [0.2, 0.25) is 0 Å². The lowest BCUT2D eigenvalue weighted by molar-refractivity contribution is 0.110. The summed E-state index contributed by atoms with van der Waals surface area (Å²) in [6.07, 6.45) is 5.63. The van der Waals surface area contributed by atoms with E-state index in [1.54, 1.807) is 0 Å². The van der Waals surface area contributed by atoms with Gasteiger partial charge in [-0.3, -0.25) is 0 Å². The number of aliphatic hydroxyl groups excluding tert-OH is 1. The number of nitrogens with two attached hydrogens (primary N) is 1. The van der Waals surface area contributed by atoms with E-state index < -0.39 is 0 Å². The molecule has 1 aliphatic carbocycles. The second-order valence-corrected chi connectivity index (χ2v) is 2.51. The molecule has 0 radical (unpaired) electrons. The fourth-order valence-corrected chi connectivity index (χ4v) is 1.11. The molecule has 0 aromatic carbocycles. The lowest BCUT2D eigenvalue weighted by Crippen LogP contribution is -2.28.